The molecule has 1 aromatic heterocycles. The van der Waals surface area contributed by atoms with Crippen molar-refractivity contribution in [2.45, 2.75) is 169 Å². The third kappa shape index (κ3) is 14.1. The Bertz CT molecular complexity index is 503. The van der Waals surface area contributed by atoms with Gasteiger partial charge in [-0.3, -0.25) is 0 Å². The summed E-state index contributed by atoms with van der Waals surface area (Å²) in [5.74, 6) is 2.15. The van der Waals surface area contributed by atoms with Crippen LogP contribution in [0.1, 0.15) is 161 Å². The largest absolute Gasteiger partial charge is 0.258 e. The van der Waals surface area contributed by atoms with E-state index in [0.717, 1.165) is 0 Å². The highest BCUT2D eigenvalue weighted by Crippen LogP contribution is 2.15. The highest BCUT2D eigenvalue weighted by atomic mass is 15.1. The summed E-state index contributed by atoms with van der Waals surface area (Å²) in [5.41, 5.74) is 0. The Morgan fingerprint density at radius 2 is 1.03 bits per heavy atom. The maximum Gasteiger partial charge on any atom is 0.258 e. The van der Waals surface area contributed by atoms with Crippen LogP contribution >= 0.6 is 0 Å². The summed E-state index contributed by atoms with van der Waals surface area (Å²) in [4.78, 5) is 0. The van der Waals surface area contributed by atoms with Crippen molar-refractivity contribution >= 4 is 0 Å². The van der Waals surface area contributed by atoms with E-state index in [-0.39, 0.29) is 0 Å². The van der Waals surface area contributed by atoms with E-state index >= 15 is 0 Å². The van der Waals surface area contributed by atoms with Crippen LogP contribution in [0.5, 0.6) is 0 Å². The van der Waals surface area contributed by atoms with Crippen LogP contribution in [0.3, 0.4) is 0 Å². The van der Waals surface area contributed by atoms with E-state index in [0.29, 0.717) is 5.92 Å². The topological polar surface area (TPSA) is 8.81 Å². The average Bonchev–Trinajstić information content (AvgIpc) is 3.17. The molecule has 31 heavy (non-hydrogen) atoms. The number of aromatic nitrogens is 2. The Morgan fingerprint density at radius 1 is 0.613 bits per heavy atom. The van der Waals surface area contributed by atoms with E-state index < -0.39 is 0 Å². The molecule has 0 unspecified atom stereocenters. The van der Waals surface area contributed by atoms with Crippen LogP contribution in [0.25, 0.3) is 0 Å². The van der Waals surface area contributed by atoms with Gasteiger partial charge in [-0.05, 0) is 25.7 Å². The predicted molar refractivity (Wildman–Crippen MR) is 138 cm³/mol. The van der Waals surface area contributed by atoms with Crippen LogP contribution in [-0.4, -0.2) is 4.57 Å². The summed E-state index contributed by atoms with van der Waals surface area (Å²) in [6.45, 7) is 11.7. The van der Waals surface area contributed by atoms with Crippen molar-refractivity contribution in [3.05, 3.63) is 18.2 Å². The molecule has 0 aliphatic rings. The number of nitrogens with zero attached hydrogens (tertiary/aromatic N) is 2. The van der Waals surface area contributed by atoms with Gasteiger partial charge in [-0.15, -0.1) is 0 Å². The van der Waals surface area contributed by atoms with Crippen LogP contribution in [0.4, 0.5) is 0 Å². The second-order valence-corrected chi connectivity index (χ2v) is 10.2. The fraction of sp³-hybridized carbons (Fsp3) is 0.897. The minimum absolute atomic E-state index is 0.608. The number of unbranched alkanes of at least 4 members (excludes halogenated alkanes) is 17. The molecule has 0 atom stereocenters. The van der Waals surface area contributed by atoms with Crippen molar-refractivity contribution < 1.29 is 4.57 Å². The molecule has 0 radical (unpaired) electrons. The molecule has 0 aromatic carbocycles. The number of hydrogen-bond acceptors (Lipinski definition) is 0. The van der Waals surface area contributed by atoms with Gasteiger partial charge >= 0.3 is 0 Å². The van der Waals surface area contributed by atoms with Crippen molar-refractivity contribution in [2.24, 2.45) is 0 Å². The summed E-state index contributed by atoms with van der Waals surface area (Å²) in [5, 5.41) is 0. The van der Waals surface area contributed by atoms with Gasteiger partial charge in [-0.1, -0.05) is 124 Å². The third-order valence-electron chi connectivity index (χ3n) is 6.79. The first-order valence-electron chi connectivity index (χ1n) is 14.3. The first-order valence-corrected chi connectivity index (χ1v) is 14.3. The smallest absolute Gasteiger partial charge is 0.234 e. The summed E-state index contributed by atoms with van der Waals surface area (Å²) >= 11 is 0. The lowest BCUT2D eigenvalue weighted by Crippen LogP contribution is -2.38. The molecule has 1 rings (SSSR count). The van der Waals surface area contributed by atoms with Crippen molar-refractivity contribution in [2.75, 3.05) is 0 Å². The van der Waals surface area contributed by atoms with Gasteiger partial charge in [0.05, 0.1) is 19.0 Å². The average molecular weight is 434 g/mol. The molecule has 182 valence electrons. The van der Waals surface area contributed by atoms with Crippen molar-refractivity contribution in [1.29, 1.82) is 0 Å². The second-order valence-electron chi connectivity index (χ2n) is 10.2. The molecule has 0 spiro atoms. The molecule has 0 amide bonds. The molecule has 2 nitrogen and oxygen atoms in total. The van der Waals surface area contributed by atoms with Crippen molar-refractivity contribution in [3.63, 3.8) is 0 Å². The number of hydrogen-bond donors (Lipinski definition) is 0. The molecule has 0 N–H and O–H groups in total. The predicted octanol–water partition coefficient (Wildman–Crippen LogP) is 9.35. The third-order valence-corrected chi connectivity index (χ3v) is 6.79. The highest BCUT2D eigenvalue weighted by Gasteiger charge is 2.19. The fourth-order valence-electron chi connectivity index (χ4n) is 4.88. The van der Waals surface area contributed by atoms with Gasteiger partial charge in [0.15, 0.2) is 0 Å². The van der Waals surface area contributed by atoms with Gasteiger partial charge in [-0.25, -0.2) is 9.13 Å². The van der Waals surface area contributed by atoms with Crippen LogP contribution in [-0.2, 0) is 13.1 Å². The molecule has 1 aromatic rings. The molecule has 1 heterocycles. The molecular weight excluding hydrogens is 376 g/mol. The minimum Gasteiger partial charge on any atom is -0.234 e. The monoisotopic (exact) mass is 433 g/mol. The minimum atomic E-state index is 0.608. The summed E-state index contributed by atoms with van der Waals surface area (Å²) < 4.78 is 5.09. The van der Waals surface area contributed by atoms with Gasteiger partial charge in [0.25, 0.3) is 5.82 Å². The zero-order valence-electron chi connectivity index (χ0n) is 22.0. The highest BCUT2D eigenvalue weighted by molar-refractivity contribution is 4.89. The molecule has 0 saturated heterocycles. The molecule has 2 heteroatoms. The van der Waals surface area contributed by atoms with E-state index in [9.17, 15) is 0 Å². The Morgan fingerprint density at radius 3 is 1.48 bits per heavy atom. The normalized spacial score (nSPS) is 11.6. The van der Waals surface area contributed by atoms with Gasteiger partial charge in [-0.2, -0.15) is 0 Å². The van der Waals surface area contributed by atoms with Gasteiger partial charge in [0, 0.05) is 0 Å². The zero-order valence-corrected chi connectivity index (χ0v) is 22.0. The Kier molecular flexibility index (Phi) is 18.1. The van der Waals surface area contributed by atoms with Crippen LogP contribution in [0.15, 0.2) is 12.4 Å². The van der Waals surface area contributed by atoms with Gasteiger partial charge in [0.1, 0.15) is 12.4 Å². The standard InChI is InChI=1S/C29H57N2/c1-5-7-9-11-13-15-16-17-19-21-23-25-31-27-26-30(29(31)28(3)4)24-22-20-18-14-12-10-8-6-2/h26-28H,5-25H2,1-4H3/q+1. The Balaban J connectivity index is 2.16. The lowest BCUT2D eigenvalue weighted by atomic mass is 10.1. The second kappa shape index (κ2) is 19.9. The maximum absolute atomic E-state index is 2.54. The quantitative estimate of drug-likeness (QED) is 0.127. The summed E-state index contributed by atoms with van der Waals surface area (Å²) in [6.07, 6.45) is 31.5. The molecular formula is C29H57N2+. The SMILES string of the molecule is CCCCCCCCCCCCC[n+]1ccn(CCCCCCCCCC)c1C(C)C. The Hall–Kier alpha value is -0.790. The van der Waals surface area contributed by atoms with E-state index in [2.05, 4.69) is 49.2 Å². The molecule has 0 aliphatic carbocycles. The summed E-state index contributed by atoms with van der Waals surface area (Å²) in [7, 11) is 0. The maximum atomic E-state index is 2.54. The van der Waals surface area contributed by atoms with Crippen molar-refractivity contribution in [1.82, 2.24) is 4.57 Å². The van der Waals surface area contributed by atoms with Gasteiger partial charge < -0.3 is 0 Å². The Labute approximate surface area is 196 Å². The van der Waals surface area contributed by atoms with E-state index in [4.69, 9.17) is 0 Å². The van der Waals surface area contributed by atoms with Crippen LogP contribution in [0.2, 0.25) is 0 Å². The van der Waals surface area contributed by atoms with Crippen LogP contribution < -0.4 is 4.57 Å². The zero-order chi connectivity index (χ0) is 22.6. The number of aryl methyl sites for hydroxylation is 2. The number of rotatable bonds is 22. The summed E-state index contributed by atoms with van der Waals surface area (Å²) in [6, 6.07) is 0. The lowest BCUT2D eigenvalue weighted by molar-refractivity contribution is -0.705. The number of imidazole rings is 1. The molecule has 0 bridgehead atoms. The van der Waals surface area contributed by atoms with Gasteiger partial charge in [0.2, 0.25) is 0 Å². The van der Waals surface area contributed by atoms with E-state index in [1.54, 1.807) is 0 Å². The first-order chi connectivity index (χ1) is 15.2. The van der Waals surface area contributed by atoms with Crippen LogP contribution in [0, 0.1) is 0 Å². The van der Waals surface area contributed by atoms with E-state index in [1.807, 2.05) is 0 Å². The van der Waals surface area contributed by atoms with E-state index in [1.165, 1.54) is 141 Å². The fourth-order valence-corrected chi connectivity index (χ4v) is 4.88. The van der Waals surface area contributed by atoms with Crippen molar-refractivity contribution in [3.8, 4) is 0 Å². The lowest BCUT2D eigenvalue weighted by Gasteiger charge is -2.08. The molecule has 0 saturated carbocycles. The first kappa shape index (κ1) is 28.2. The molecule has 0 fully saturated rings. The molecule has 0 aliphatic heterocycles.